The highest BCUT2D eigenvalue weighted by atomic mass is 32.2. The van der Waals surface area contributed by atoms with E-state index in [0.717, 1.165) is 0 Å². The summed E-state index contributed by atoms with van der Waals surface area (Å²) in [5.74, 6) is 0. The molecular formula is C3H5FO2S. The third-order valence-corrected chi connectivity index (χ3v) is 1.92. The van der Waals surface area contributed by atoms with Gasteiger partial charge in [-0.25, -0.2) is 8.60 Å². The van der Waals surface area contributed by atoms with Crippen molar-refractivity contribution in [2.45, 2.75) is 17.8 Å². The summed E-state index contributed by atoms with van der Waals surface area (Å²) in [6.07, 6.45) is -0.742. The van der Waals surface area contributed by atoms with Crippen molar-refractivity contribution >= 4 is 11.1 Å². The molecule has 3 atom stereocenters. The SMILES string of the molecule is O=S(O)[C@@H]1C[C@H]1F. The van der Waals surface area contributed by atoms with E-state index in [-0.39, 0.29) is 6.42 Å². The van der Waals surface area contributed by atoms with Crippen molar-refractivity contribution in [3.63, 3.8) is 0 Å². The molecule has 0 spiro atoms. The Kier molecular flexibility index (Phi) is 1.13. The summed E-state index contributed by atoms with van der Waals surface area (Å²) in [6, 6.07) is 0. The molecule has 2 nitrogen and oxygen atoms in total. The number of alkyl halides is 1. The van der Waals surface area contributed by atoms with E-state index in [4.69, 9.17) is 4.55 Å². The Labute approximate surface area is 43.0 Å². The molecule has 1 rings (SSSR count). The van der Waals surface area contributed by atoms with Crippen LogP contribution in [0.25, 0.3) is 0 Å². The lowest BCUT2D eigenvalue weighted by molar-refractivity contribution is 0.474. The van der Waals surface area contributed by atoms with Gasteiger partial charge in [-0.15, -0.1) is 0 Å². The molecule has 1 N–H and O–H groups in total. The molecular weight excluding hydrogens is 119 g/mol. The minimum atomic E-state index is -1.91. The minimum absolute atomic E-state index is 0.267. The van der Waals surface area contributed by atoms with Gasteiger partial charge in [0, 0.05) is 0 Å². The average Bonchev–Trinajstić information content (AvgIpc) is 2.17. The Morgan fingerprint density at radius 2 is 2.29 bits per heavy atom. The van der Waals surface area contributed by atoms with Gasteiger partial charge in [-0.3, -0.25) is 0 Å². The van der Waals surface area contributed by atoms with Crippen molar-refractivity contribution < 1.29 is 13.2 Å². The third-order valence-electron chi connectivity index (χ3n) is 0.917. The van der Waals surface area contributed by atoms with Gasteiger partial charge in [-0.05, 0) is 6.42 Å². The molecule has 42 valence electrons. The quantitative estimate of drug-likeness (QED) is 0.511. The molecule has 0 heterocycles. The summed E-state index contributed by atoms with van der Waals surface area (Å²) in [5.41, 5.74) is 0. The van der Waals surface area contributed by atoms with Crippen molar-refractivity contribution in [1.29, 1.82) is 0 Å². The molecule has 0 aromatic heterocycles. The largest absolute Gasteiger partial charge is 0.306 e. The van der Waals surface area contributed by atoms with Crippen molar-refractivity contribution in [2.75, 3.05) is 0 Å². The zero-order chi connectivity index (χ0) is 5.44. The molecule has 0 radical (unpaired) electrons. The Balaban J connectivity index is 2.33. The van der Waals surface area contributed by atoms with Crippen LogP contribution in [0.1, 0.15) is 6.42 Å². The Bertz CT molecular complexity index is 105. The maximum Gasteiger partial charge on any atom is 0.159 e. The van der Waals surface area contributed by atoms with Gasteiger partial charge in [0.1, 0.15) is 6.17 Å². The smallest absolute Gasteiger partial charge is 0.159 e. The van der Waals surface area contributed by atoms with Gasteiger partial charge >= 0.3 is 0 Å². The van der Waals surface area contributed by atoms with E-state index in [2.05, 4.69) is 0 Å². The predicted octanol–water partition coefficient (Wildman–Crippen LogP) is 0.319. The van der Waals surface area contributed by atoms with E-state index in [1.54, 1.807) is 0 Å². The number of hydrogen-bond donors (Lipinski definition) is 1. The second-order valence-electron chi connectivity index (χ2n) is 1.57. The lowest BCUT2D eigenvalue weighted by atomic mass is 10.9. The Morgan fingerprint density at radius 3 is 2.29 bits per heavy atom. The first-order valence-corrected chi connectivity index (χ1v) is 3.12. The van der Waals surface area contributed by atoms with Crippen molar-refractivity contribution in [3.8, 4) is 0 Å². The van der Waals surface area contributed by atoms with Gasteiger partial charge in [0.05, 0.1) is 5.25 Å². The maximum absolute atomic E-state index is 11.7. The summed E-state index contributed by atoms with van der Waals surface area (Å²) in [4.78, 5) is 0. The van der Waals surface area contributed by atoms with Crippen LogP contribution in [0, 0.1) is 0 Å². The van der Waals surface area contributed by atoms with Crippen LogP contribution >= 0.6 is 0 Å². The minimum Gasteiger partial charge on any atom is -0.306 e. The fourth-order valence-corrected chi connectivity index (χ4v) is 0.953. The fraction of sp³-hybridized carbons (Fsp3) is 1.00. The second kappa shape index (κ2) is 1.52. The summed E-state index contributed by atoms with van der Waals surface area (Å²) >= 11 is -1.91. The van der Waals surface area contributed by atoms with Gasteiger partial charge in [0.2, 0.25) is 0 Å². The monoisotopic (exact) mass is 124 g/mol. The number of rotatable bonds is 1. The summed E-state index contributed by atoms with van der Waals surface area (Å²) in [5, 5.41) is -0.569. The lowest BCUT2D eigenvalue weighted by Gasteiger charge is -1.79. The molecule has 1 aliphatic rings. The highest BCUT2D eigenvalue weighted by Gasteiger charge is 2.42. The van der Waals surface area contributed by atoms with E-state index in [1.807, 2.05) is 0 Å². The zero-order valence-electron chi connectivity index (χ0n) is 3.50. The predicted molar refractivity (Wildman–Crippen MR) is 24.1 cm³/mol. The van der Waals surface area contributed by atoms with Gasteiger partial charge in [0.25, 0.3) is 0 Å². The molecule has 4 heteroatoms. The first-order valence-electron chi connectivity index (χ1n) is 1.95. The standard InChI is InChI=1S/C3H5FO2S/c4-2-1-3(2)7(5)6/h2-3H,1H2,(H,5,6)/t2-,3-/m1/s1. The molecule has 0 saturated heterocycles. The molecule has 0 aromatic rings. The highest BCUT2D eigenvalue weighted by Crippen LogP contribution is 2.29. The first kappa shape index (κ1) is 5.18. The maximum atomic E-state index is 11.7. The van der Waals surface area contributed by atoms with Crippen LogP contribution in [0.4, 0.5) is 4.39 Å². The molecule has 1 aliphatic carbocycles. The van der Waals surface area contributed by atoms with E-state index in [0.29, 0.717) is 0 Å². The van der Waals surface area contributed by atoms with E-state index in [9.17, 15) is 8.60 Å². The molecule has 1 saturated carbocycles. The van der Waals surface area contributed by atoms with Crippen LogP contribution in [-0.4, -0.2) is 20.2 Å². The van der Waals surface area contributed by atoms with Gasteiger partial charge in [0.15, 0.2) is 11.1 Å². The van der Waals surface area contributed by atoms with Crippen molar-refractivity contribution in [2.24, 2.45) is 0 Å². The average molecular weight is 124 g/mol. The molecule has 0 bridgehead atoms. The Hall–Kier alpha value is 0.0400. The first-order chi connectivity index (χ1) is 3.22. The normalized spacial score (nSPS) is 43.1. The molecule has 0 aromatic carbocycles. The van der Waals surface area contributed by atoms with Crippen LogP contribution in [-0.2, 0) is 11.1 Å². The van der Waals surface area contributed by atoms with E-state index >= 15 is 0 Å². The molecule has 7 heavy (non-hydrogen) atoms. The van der Waals surface area contributed by atoms with Gasteiger partial charge in [-0.2, -0.15) is 0 Å². The topological polar surface area (TPSA) is 37.3 Å². The fourth-order valence-electron chi connectivity index (χ4n) is 0.352. The van der Waals surface area contributed by atoms with E-state index in [1.165, 1.54) is 0 Å². The van der Waals surface area contributed by atoms with E-state index < -0.39 is 22.5 Å². The van der Waals surface area contributed by atoms with Crippen LogP contribution in [0.2, 0.25) is 0 Å². The van der Waals surface area contributed by atoms with Crippen LogP contribution < -0.4 is 0 Å². The highest BCUT2D eigenvalue weighted by molar-refractivity contribution is 7.80. The van der Waals surface area contributed by atoms with Gasteiger partial charge in [-0.1, -0.05) is 0 Å². The molecule has 0 amide bonds. The third kappa shape index (κ3) is 0.978. The van der Waals surface area contributed by atoms with Crippen LogP contribution in [0.3, 0.4) is 0 Å². The van der Waals surface area contributed by atoms with Crippen molar-refractivity contribution in [3.05, 3.63) is 0 Å². The van der Waals surface area contributed by atoms with Crippen LogP contribution in [0.5, 0.6) is 0 Å². The summed E-state index contributed by atoms with van der Waals surface area (Å²) < 4.78 is 29.6. The van der Waals surface area contributed by atoms with Gasteiger partial charge < -0.3 is 4.55 Å². The molecule has 1 unspecified atom stereocenters. The summed E-state index contributed by atoms with van der Waals surface area (Å²) in [6.45, 7) is 0. The number of hydrogen-bond acceptors (Lipinski definition) is 1. The molecule has 1 fully saturated rings. The molecule has 0 aliphatic heterocycles. The van der Waals surface area contributed by atoms with Crippen LogP contribution in [0.15, 0.2) is 0 Å². The second-order valence-corrected chi connectivity index (χ2v) is 2.72. The number of halogens is 1. The summed E-state index contributed by atoms with van der Waals surface area (Å²) in [7, 11) is 0. The lowest BCUT2D eigenvalue weighted by Crippen LogP contribution is -1.96. The van der Waals surface area contributed by atoms with Crippen molar-refractivity contribution in [1.82, 2.24) is 0 Å². The Morgan fingerprint density at radius 1 is 1.86 bits per heavy atom. The zero-order valence-corrected chi connectivity index (χ0v) is 4.32.